The van der Waals surface area contributed by atoms with Crippen LogP contribution >= 0.6 is 23.1 Å². The molecular weight excluding hydrogens is 190 g/mol. The van der Waals surface area contributed by atoms with Crippen LogP contribution in [0, 0.1) is 0 Å². The molecule has 0 fully saturated rings. The average Bonchev–Trinajstić information content (AvgIpc) is 2.75. The first-order valence-corrected chi connectivity index (χ1v) is 5.55. The van der Waals surface area contributed by atoms with E-state index in [1.165, 1.54) is 0 Å². The fourth-order valence-corrected chi connectivity index (χ4v) is 1.91. The summed E-state index contributed by atoms with van der Waals surface area (Å²) in [5.74, 6) is 0. The van der Waals surface area contributed by atoms with Gasteiger partial charge in [0.2, 0.25) is 0 Å². The van der Waals surface area contributed by atoms with Gasteiger partial charge in [-0.2, -0.15) is 0 Å². The van der Waals surface area contributed by atoms with Gasteiger partial charge in [0.1, 0.15) is 5.69 Å². The second kappa shape index (κ2) is 3.33. The van der Waals surface area contributed by atoms with Crippen LogP contribution < -0.4 is 0 Å². The molecule has 0 aliphatic rings. The van der Waals surface area contributed by atoms with E-state index < -0.39 is 0 Å². The number of nitrogens with zero attached hydrogens (tertiary/aromatic N) is 1. The maximum Gasteiger partial charge on any atom is 0.193 e. The molecule has 2 aromatic rings. The van der Waals surface area contributed by atoms with Gasteiger partial charge in [0.05, 0.1) is 4.88 Å². The Morgan fingerprint density at radius 2 is 2.50 bits per heavy atom. The maximum atomic E-state index is 5.06. The number of hydrogen-bond donors (Lipinski definition) is 0. The molecule has 62 valence electrons. The van der Waals surface area contributed by atoms with Crippen LogP contribution in [0.15, 0.2) is 33.2 Å². The van der Waals surface area contributed by atoms with E-state index in [0.29, 0.717) is 0 Å². The monoisotopic (exact) mass is 197 g/mol. The van der Waals surface area contributed by atoms with Gasteiger partial charge in [0, 0.05) is 6.07 Å². The van der Waals surface area contributed by atoms with E-state index in [4.69, 9.17) is 4.52 Å². The zero-order valence-electron chi connectivity index (χ0n) is 6.48. The van der Waals surface area contributed by atoms with E-state index in [-0.39, 0.29) is 0 Å². The van der Waals surface area contributed by atoms with E-state index in [2.05, 4.69) is 5.16 Å². The quantitative estimate of drug-likeness (QED) is 0.692. The minimum atomic E-state index is 0.860. The van der Waals surface area contributed by atoms with Crippen molar-refractivity contribution in [2.45, 2.75) is 5.09 Å². The lowest BCUT2D eigenvalue weighted by molar-refractivity contribution is 0.352. The van der Waals surface area contributed by atoms with Crippen LogP contribution in [0.3, 0.4) is 0 Å². The molecule has 0 aliphatic carbocycles. The summed E-state index contributed by atoms with van der Waals surface area (Å²) >= 11 is 3.23. The number of thiophene rings is 1. The normalized spacial score (nSPS) is 10.4. The van der Waals surface area contributed by atoms with Gasteiger partial charge in [-0.3, -0.25) is 0 Å². The molecule has 4 heteroatoms. The Kier molecular flexibility index (Phi) is 2.19. The van der Waals surface area contributed by atoms with E-state index in [1.807, 2.05) is 29.8 Å². The fourth-order valence-electron chi connectivity index (χ4n) is 0.895. The van der Waals surface area contributed by atoms with E-state index in [0.717, 1.165) is 15.7 Å². The molecule has 0 unspecified atom stereocenters. The molecule has 0 radical (unpaired) electrons. The molecule has 0 bridgehead atoms. The smallest absolute Gasteiger partial charge is 0.193 e. The fraction of sp³-hybridized carbons (Fsp3) is 0.125. The van der Waals surface area contributed by atoms with Gasteiger partial charge in [-0.05, 0) is 17.7 Å². The van der Waals surface area contributed by atoms with E-state index in [1.54, 1.807) is 23.1 Å². The second-order valence-corrected chi connectivity index (χ2v) is 3.97. The SMILES string of the molecule is CSc1cc(-c2cccs2)no1. The first-order valence-electron chi connectivity index (χ1n) is 3.45. The van der Waals surface area contributed by atoms with Gasteiger partial charge in [-0.1, -0.05) is 23.0 Å². The lowest BCUT2D eigenvalue weighted by Crippen LogP contribution is -1.65. The third-order valence-electron chi connectivity index (χ3n) is 1.46. The van der Waals surface area contributed by atoms with Gasteiger partial charge < -0.3 is 4.52 Å². The largest absolute Gasteiger partial charge is 0.349 e. The maximum absolute atomic E-state index is 5.06. The van der Waals surface area contributed by atoms with Crippen LogP contribution in [0.2, 0.25) is 0 Å². The highest BCUT2D eigenvalue weighted by Gasteiger charge is 2.05. The van der Waals surface area contributed by atoms with Gasteiger partial charge in [-0.25, -0.2) is 0 Å². The first kappa shape index (κ1) is 7.89. The van der Waals surface area contributed by atoms with Crippen LogP contribution in [-0.2, 0) is 0 Å². The zero-order chi connectivity index (χ0) is 8.39. The Bertz CT molecular complexity index is 353. The Hall–Kier alpha value is -0.740. The van der Waals surface area contributed by atoms with Crippen LogP contribution in [0.25, 0.3) is 10.6 Å². The third kappa shape index (κ3) is 1.40. The number of thioether (sulfide) groups is 1. The minimum absolute atomic E-state index is 0.860. The van der Waals surface area contributed by atoms with Crippen molar-refractivity contribution in [3.8, 4) is 10.6 Å². The minimum Gasteiger partial charge on any atom is -0.349 e. The summed E-state index contributed by atoms with van der Waals surface area (Å²) in [5, 5.41) is 6.83. The van der Waals surface area contributed by atoms with Gasteiger partial charge >= 0.3 is 0 Å². The molecule has 2 rings (SSSR count). The summed E-state index contributed by atoms with van der Waals surface area (Å²) in [6.45, 7) is 0. The summed E-state index contributed by atoms with van der Waals surface area (Å²) in [4.78, 5) is 1.15. The molecule has 2 nitrogen and oxygen atoms in total. The van der Waals surface area contributed by atoms with Crippen molar-refractivity contribution in [1.82, 2.24) is 5.16 Å². The second-order valence-electron chi connectivity index (χ2n) is 2.21. The van der Waals surface area contributed by atoms with Gasteiger partial charge in [0.25, 0.3) is 0 Å². The number of aromatic nitrogens is 1. The van der Waals surface area contributed by atoms with Crippen LogP contribution in [0.1, 0.15) is 0 Å². The molecule has 12 heavy (non-hydrogen) atoms. The van der Waals surface area contributed by atoms with E-state index >= 15 is 0 Å². The average molecular weight is 197 g/mol. The summed E-state index contributed by atoms with van der Waals surface area (Å²) in [6.07, 6.45) is 1.97. The van der Waals surface area contributed by atoms with Gasteiger partial charge in [-0.15, -0.1) is 11.3 Å². The Morgan fingerprint density at radius 1 is 1.58 bits per heavy atom. The molecule has 0 spiro atoms. The molecule has 2 aromatic heterocycles. The van der Waals surface area contributed by atoms with Crippen LogP contribution in [0.5, 0.6) is 0 Å². The van der Waals surface area contributed by atoms with Crippen molar-refractivity contribution in [3.63, 3.8) is 0 Å². The molecule has 0 aliphatic heterocycles. The standard InChI is InChI=1S/C8H7NOS2/c1-11-8-5-6(9-10-8)7-3-2-4-12-7/h2-5H,1H3. The van der Waals surface area contributed by atoms with E-state index in [9.17, 15) is 0 Å². The molecule has 0 aromatic carbocycles. The molecule has 0 N–H and O–H groups in total. The molecule has 2 heterocycles. The third-order valence-corrected chi connectivity index (χ3v) is 2.95. The predicted molar refractivity (Wildman–Crippen MR) is 51.6 cm³/mol. The van der Waals surface area contributed by atoms with Crippen molar-refractivity contribution < 1.29 is 4.52 Å². The van der Waals surface area contributed by atoms with Crippen LogP contribution in [0.4, 0.5) is 0 Å². The first-order chi connectivity index (χ1) is 5.90. The molecule has 0 saturated carbocycles. The Morgan fingerprint density at radius 3 is 3.08 bits per heavy atom. The summed E-state index contributed by atoms with van der Waals surface area (Å²) < 4.78 is 5.06. The van der Waals surface area contributed by atoms with Crippen LogP contribution in [-0.4, -0.2) is 11.4 Å². The summed E-state index contributed by atoms with van der Waals surface area (Å²) in [5.41, 5.74) is 0.925. The Balaban J connectivity index is 2.35. The number of hydrogen-bond acceptors (Lipinski definition) is 4. The molecular formula is C8H7NOS2. The predicted octanol–water partition coefficient (Wildman–Crippen LogP) is 3.13. The van der Waals surface area contributed by atoms with Crippen molar-refractivity contribution in [2.24, 2.45) is 0 Å². The lowest BCUT2D eigenvalue weighted by atomic mass is 10.3. The van der Waals surface area contributed by atoms with Gasteiger partial charge in [0.15, 0.2) is 5.09 Å². The van der Waals surface area contributed by atoms with Crippen molar-refractivity contribution >= 4 is 23.1 Å². The van der Waals surface area contributed by atoms with Crippen molar-refractivity contribution in [1.29, 1.82) is 0 Å². The highest BCUT2D eigenvalue weighted by atomic mass is 32.2. The summed E-state index contributed by atoms with van der Waals surface area (Å²) in [7, 11) is 0. The number of rotatable bonds is 2. The lowest BCUT2D eigenvalue weighted by Gasteiger charge is -1.82. The summed E-state index contributed by atoms with van der Waals surface area (Å²) in [6, 6.07) is 6.00. The van der Waals surface area contributed by atoms with Crippen molar-refractivity contribution in [3.05, 3.63) is 23.6 Å². The topological polar surface area (TPSA) is 26.0 Å². The Labute approximate surface area is 78.6 Å². The van der Waals surface area contributed by atoms with Crippen molar-refractivity contribution in [2.75, 3.05) is 6.26 Å². The highest BCUT2D eigenvalue weighted by Crippen LogP contribution is 2.26. The zero-order valence-corrected chi connectivity index (χ0v) is 8.11. The molecule has 0 amide bonds. The highest BCUT2D eigenvalue weighted by molar-refractivity contribution is 7.98. The molecule has 0 saturated heterocycles. The molecule has 0 atom stereocenters.